The van der Waals surface area contributed by atoms with Crippen LogP contribution in [0.25, 0.3) is 0 Å². The van der Waals surface area contributed by atoms with Gasteiger partial charge < -0.3 is 14.8 Å². The number of aromatic nitrogens is 1. The summed E-state index contributed by atoms with van der Waals surface area (Å²) in [4.78, 5) is 4.38. The van der Waals surface area contributed by atoms with Crippen molar-refractivity contribution in [3.8, 4) is 11.6 Å². The van der Waals surface area contributed by atoms with Crippen molar-refractivity contribution in [1.82, 2.24) is 10.3 Å². The minimum atomic E-state index is 0.180. The molecule has 1 aromatic carbocycles. The van der Waals surface area contributed by atoms with Gasteiger partial charge in [0.05, 0.1) is 19.9 Å². The highest BCUT2D eigenvalue weighted by atomic mass is 16.5. The van der Waals surface area contributed by atoms with E-state index in [-0.39, 0.29) is 6.04 Å². The molecule has 106 valence electrons. The number of rotatable bonds is 6. The lowest BCUT2D eigenvalue weighted by Gasteiger charge is -2.17. The molecule has 2 aromatic rings. The van der Waals surface area contributed by atoms with Crippen molar-refractivity contribution >= 4 is 0 Å². The molecule has 0 aliphatic heterocycles. The molecule has 4 nitrogen and oxygen atoms in total. The zero-order chi connectivity index (χ0) is 14.4. The molecule has 0 saturated heterocycles. The summed E-state index contributed by atoms with van der Waals surface area (Å²) in [5.74, 6) is 1.53. The number of hydrogen-bond acceptors (Lipinski definition) is 4. The molecule has 0 aliphatic carbocycles. The standard InChI is InChI=1S/C16H20N2O2/c1-12(14-8-4-5-9-15(14)19-2)17-11-13-7-6-10-16(18-13)20-3/h4-10,12,17H,11H2,1-3H3/t12-/m1/s1. The molecule has 1 atom stereocenters. The monoisotopic (exact) mass is 272 g/mol. The van der Waals surface area contributed by atoms with Gasteiger partial charge in [0.2, 0.25) is 5.88 Å². The number of para-hydroxylation sites is 1. The van der Waals surface area contributed by atoms with Crippen molar-refractivity contribution in [3.63, 3.8) is 0 Å². The lowest BCUT2D eigenvalue weighted by molar-refractivity contribution is 0.393. The van der Waals surface area contributed by atoms with Crippen LogP contribution in [0.1, 0.15) is 24.2 Å². The lowest BCUT2D eigenvalue weighted by atomic mass is 10.1. The van der Waals surface area contributed by atoms with E-state index in [1.807, 2.05) is 36.4 Å². The Bertz CT molecular complexity index is 558. The summed E-state index contributed by atoms with van der Waals surface area (Å²) in [6.07, 6.45) is 0. The fourth-order valence-corrected chi connectivity index (χ4v) is 2.06. The molecule has 0 spiro atoms. The minimum Gasteiger partial charge on any atom is -0.496 e. The average Bonchev–Trinajstić information content (AvgIpc) is 2.52. The second kappa shape index (κ2) is 6.91. The summed E-state index contributed by atoms with van der Waals surface area (Å²) in [6, 6.07) is 14.0. The van der Waals surface area contributed by atoms with Gasteiger partial charge in [0.1, 0.15) is 5.75 Å². The topological polar surface area (TPSA) is 43.4 Å². The van der Waals surface area contributed by atoms with Crippen LogP contribution >= 0.6 is 0 Å². The maximum absolute atomic E-state index is 5.38. The fourth-order valence-electron chi connectivity index (χ4n) is 2.06. The Morgan fingerprint density at radius 3 is 2.60 bits per heavy atom. The van der Waals surface area contributed by atoms with Crippen LogP contribution in [0.5, 0.6) is 11.6 Å². The average molecular weight is 272 g/mol. The Labute approximate surface area is 119 Å². The molecule has 20 heavy (non-hydrogen) atoms. The molecular formula is C16H20N2O2. The minimum absolute atomic E-state index is 0.180. The molecule has 1 aromatic heterocycles. The maximum Gasteiger partial charge on any atom is 0.213 e. The van der Waals surface area contributed by atoms with Crippen molar-refractivity contribution < 1.29 is 9.47 Å². The van der Waals surface area contributed by atoms with Crippen molar-refractivity contribution in [2.75, 3.05) is 14.2 Å². The molecule has 0 amide bonds. The zero-order valence-electron chi connectivity index (χ0n) is 12.1. The Kier molecular flexibility index (Phi) is 4.96. The second-order valence-corrected chi connectivity index (χ2v) is 4.52. The van der Waals surface area contributed by atoms with Crippen LogP contribution in [0.4, 0.5) is 0 Å². The van der Waals surface area contributed by atoms with Gasteiger partial charge in [0.15, 0.2) is 0 Å². The van der Waals surface area contributed by atoms with Gasteiger partial charge in [0.25, 0.3) is 0 Å². The number of pyridine rings is 1. The summed E-state index contributed by atoms with van der Waals surface area (Å²) in [5.41, 5.74) is 2.09. The van der Waals surface area contributed by atoms with E-state index < -0.39 is 0 Å². The van der Waals surface area contributed by atoms with E-state index >= 15 is 0 Å². The highest BCUT2D eigenvalue weighted by Gasteiger charge is 2.10. The normalized spacial score (nSPS) is 11.9. The summed E-state index contributed by atoms with van der Waals surface area (Å²) >= 11 is 0. The predicted molar refractivity (Wildman–Crippen MR) is 79.0 cm³/mol. The van der Waals surface area contributed by atoms with Crippen LogP contribution in [0.2, 0.25) is 0 Å². The van der Waals surface area contributed by atoms with Crippen LogP contribution in [-0.4, -0.2) is 19.2 Å². The molecule has 1 heterocycles. The zero-order valence-corrected chi connectivity index (χ0v) is 12.1. The Morgan fingerprint density at radius 1 is 1.05 bits per heavy atom. The van der Waals surface area contributed by atoms with Gasteiger partial charge in [-0.3, -0.25) is 0 Å². The van der Waals surface area contributed by atoms with Crippen LogP contribution in [-0.2, 0) is 6.54 Å². The summed E-state index contributed by atoms with van der Waals surface area (Å²) in [6.45, 7) is 2.79. The SMILES string of the molecule is COc1cccc(CN[C@H](C)c2ccccc2OC)n1. The first-order valence-electron chi connectivity index (χ1n) is 6.61. The number of nitrogens with zero attached hydrogens (tertiary/aromatic N) is 1. The van der Waals surface area contributed by atoms with Crippen LogP contribution in [0.3, 0.4) is 0 Å². The molecular weight excluding hydrogens is 252 g/mol. The van der Waals surface area contributed by atoms with Gasteiger partial charge in [-0.2, -0.15) is 0 Å². The van der Waals surface area contributed by atoms with Gasteiger partial charge >= 0.3 is 0 Å². The highest BCUT2D eigenvalue weighted by Crippen LogP contribution is 2.24. The van der Waals surface area contributed by atoms with Gasteiger partial charge in [0, 0.05) is 24.2 Å². The third kappa shape index (κ3) is 3.48. The Balaban J connectivity index is 2.02. The fraction of sp³-hybridized carbons (Fsp3) is 0.312. The van der Waals surface area contributed by atoms with Crippen molar-refractivity contribution in [2.24, 2.45) is 0 Å². The molecule has 1 N–H and O–H groups in total. The molecule has 0 radical (unpaired) electrons. The van der Waals surface area contributed by atoms with E-state index in [1.54, 1.807) is 14.2 Å². The van der Waals surface area contributed by atoms with Gasteiger partial charge in [-0.25, -0.2) is 4.98 Å². The number of hydrogen-bond donors (Lipinski definition) is 1. The van der Waals surface area contributed by atoms with Crippen LogP contribution < -0.4 is 14.8 Å². The maximum atomic E-state index is 5.38. The van der Waals surface area contributed by atoms with E-state index in [1.165, 1.54) is 0 Å². The van der Waals surface area contributed by atoms with Gasteiger partial charge in [-0.05, 0) is 19.1 Å². The molecule has 2 rings (SSSR count). The Morgan fingerprint density at radius 2 is 1.85 bits per heavy atom. The molecule has 0 aliphatic rings. The summed E-state index contributed by atoms with van der Waals surface area (Å²) < 4.78 is 10.5. The van der Waals surface area contributed by atoms with Crippen molar-refractivity contribution in [3.05, 3.63) is 53.7 Å². The van der Waals surface area contributed by atoms with E-state index in [0.717, 1.165) is 17.0 Å². The van der Waals surface area contributed by atoms with Gasteiger partial charge in [-0.1, -0.05) is 24.3 Å². The largest absolute Gasteiger partial charge is 0.496 e. The number of nitrogens with one attached hydrogen (secondary N) is 1. The van der Waals surface area contributed by atoms with E-state index in [4.69, 9.17) is 9.47 Å². The smallest absolute Gasteiger partial charge is 0.213 e. The predicted octanol–water partition coefficient (Wildman–Crippen LogP) is 2.95. The molecule has 0 unspecified atom stereocenters. The molecule has 0 fully saturated rings. The van der Waals surface area contributed by atoms with E-state index in [2.05, 4.69) is 23.3 Å². The van der Waals surface area contributed by atoms with E-state index in [0.29, 0.717) is 12.4 Å². The summed E-state index contributed by atoms with van der Waals surface area (Å²) in [7, 11) is 3.31. The first-order valence-corrected chi connectivity index (χ1v) is 6.61. The quantitative estimate of drug-likeness (QED) is 0.878. The first-order chi connectivity index (χ1) is 9.74. The van der Waals surface area contributed by atoms with Crippen molar-refractivity contribution in [2.45, 2.75) is 19.5 Å². The molecule has 0 saturated carbocycles. The third-order valence-electron chi connectivity index (χ3n) is 3.19. The molecule has 4 heteroatoms. The van der Waals surface area contributed by atoms with E-state index in [9.17, 15) is 0 Å². The summed E-state index contributed by atoms with van der Waals surface area (Å²) in [5, 5.41) is 3.44. The van der Waals surface area contributed by atoms with Gasteiger partial charge in [-0.15, -0.1) is 0 Å². The second-order valence-electron chi connectivity index (χ2n) is 4.52. The van der Waals surface area contributed by atoms with Crippen LogP contribution in [0.15, 0.2) is 42.5 Å². The number of methoxy groups -OCH3 is 2. The van der Waals surface area contributed by atoms with Crippen molar-refractivity contribution in [1.29, 1.82) is 0 Å². The number of benzene rings is 1. The number of ether oxygens (including phenoxy) is 2. The lowest BCUT2D eigenvalue weighted by Crippen LogP contribution is -2.19. The van der Waals surface area contributed by atoms with Crippen LogP contribution in [0, 0.1) is 0 Å². The third-order valence-corrected chi connectivity index (χ3v) is 3.19. The first kappa shape index (κ1) is 14.3. The molecule has 0 bridgehead atoms. The Hall–Kier alpha value is -2.07. The highest BCUT2D eigenvalue weighted by molar-refractivity contribution is 5.35.